The number of nitriles is 1. The van der Waals surface area contributed by atoms with E-state index in [9.17, 15) is 9.18 Å². The highest BCUT2D eigenvalue weighted by atomic mass is 19.1. The first-order valence-electron chi connectivity index (χ1n) is 6.23. The molecular formula is C16H12FN3O. The summed E-state index contributed by atoms with van der Waals surface area (Å²) >= 11 is 0. The first-order chi connectivity index (χ1) is 10.2. The number of nitrogens with one attached hydrogen (secondary N) is 1. The third-order valence-corrected chi connectivity index (χ3v) is 2.70. The molecule has 0 unspecified atom stereocenters. The Morgan fingerprint density at radius 2 is 2.24 bits per heavy atom. The van der Waals surface area contributed by atoms with Gasteiger partial charge >= 0.3 is 0 Å². The molecule has 1 aromatic carbocycles. The Morgan fingerprint density at radius 3 is 2.90 bits per heavy atom. The molecule has 0 saturated heterocycles. The van der Waals surface area contributed by atoms with Crippen molar-refractivity contribution in [1.29, 1.82) is 5.26 Å². The lowest BCUT2D eigenvalue weighted by molar-refractivity contribution is -0.117. The van der Waals surface area contributed by atoms with E-state index in [-0.39, 0.29) is 12.1 Å². The Morgan fingerprint density at radius 1 is 1.38 bits per heavy atom. The maximum absolute atomic E-state index is 13.1. The quantitative estimate of drug-likeness (QED) is 0.691. The predicted molar refractivity (Wildman–Crippen MR) is 76.1 cm³/mol. The molecular weight excluding hydrogens is 269 g/mol. The fourth-order valence-electron chi connectivity index (χ4n) is 1.69. The predicted octanol–water partition coefficient (Wildman–Crippen LogP) is 2.44. The molecule has 0 bridgehead atoms. The highest BCUT2D eigenvalue weighted by molar-refractivity contribution is 6.01. The first-order valence-corrected chi connectivity index (χ1v) is 6.23. The summed E-state index contributed by atoms with van der Waals surface area (Å²) in [5.74, 6) is -0.928. The minimum absolute atomic E-state index is 0.0792. The van der Waals surface area contributed by atoms with Gasteiger partial charge in [0.25, 0.3) is 5.91 Å². The van der Waals surface area contributed by atoms with Crippen LogP contribution in [0.15, 0.2) is 54.4 Å². The van der Waals surface area contributed by atoms with Crippen molar-refractivity contribution in [2.75, 3.05) is 0 Å². The summed E-state index contributed by atoms with van der Waals surface area (Å²) in [7, 11) is 0. The van der Waals surface area contributed by atoms with Crippen LogP contribution in [0.5, 0.6) is 0 Å². The van der Waals surface area contributed by atoms with E-state index in [0.29, 0.717) is 5.56 Å². The van der Waals surface area contributed by atoms with Crippen LogP contribution in [0.2, 0.25) is 0 Å². The van der Waals surface area contributed by atoms with Gasteiger partial charge in [0.1, 0.15) is 17.5 Å². The number of halogens is 1. The monoisotopic (exact) mass is 281 g/mol. The Bertz CT molecular complexity index is 705. The van der Waals surface area contributed by atoms with Gasteiger partial charge in [0.2, 0.25) is 0 Å². The molecule has 2 aromatic rings. The number of pyridine rings is 1. The van der Waals surface area contributed by atoms with Crippen LogP contribution in [0.3, 0.4) is 0 Å². The second-order valence-electron chi connectivity index (χ2n) is 4.27. The maximum atomic E-state index is 13.1. The summed E-state index contributed by atoms with van der Waals surface area (Å²) in [5, 5.41) is 11.7. The smallest absolute Gasteiger partial charge is 0.262 e. The minimum atomic E-state index is -0.509. The molecule has 0 spiro atoms. The second-order valence-corrected chi connectivity index (χ2v) is 4.27. The molecule has 0 radical (unpaired) electrons. The number of aromatic nitrogens is 1. The number of rotatable bonds is 4. The second kappa shape index (κ2) is 6.96. The van der Waals surface area contributed by atoms with E-state index in [1.807, 2.05) is 12.1 Å². The van der Waals surface area contributed by atoms with E-state index in [0.717, 1.165) is 5.56 Å². The molecule has 104 valence electrons. The average molecular weight is 281 g/mol. The molecule has 1 N–H and O–H groups in total. The van der Waals surface area contributed by atoms with E-state index in [2.05, 4.69) is 10.3 Å². The number of hydrogen-bond acceptors (Lipinski definition) is 3. The summed E-state index contributed by atoms with van der Waals surface area (Å²) < 4.78 is 13.1. The topological polar surface area (TPSA) is 65.8 Å². The van der Waals surface area contributed by atoms with Crippen LogP contribution < -0.4 is 5.32 Å². The number of amides is 1. The normalized spacial score (nSPS) is 10.8. The van der Waals surface area contributed by atoms with Gasteiger partial charge in [-0.3, -0.25) is 9.78 Å². The van der Waals surface area contributed by atoms with Gasteiger partial charge in [0.15, 0.2) is 0 Å². The summed E-state index contributed by atoms with van der Waals surface area (Å²) in [5.41, 5.74) is 1.21. The molecule has 0 atom stereocenters. The van der Waals surface area contributed by atoms with Crippen LogP contribution >= 0.6 is 0 Å². The molecule has 1 amide bonds. The lowest BCUT2D eigenvalue weighted by Crippen LogP contribution is -2.24. The van der Waals surface area contributed by atoms with Gasteiger partial charge in [-0.05, 0) is 35.4 Å². The van der Waals surface area contributed by atoms with Crippen molar-refractivity contribution < 1.29 is 9.18 Å². The molecule has 4 nitrogen and oxygen atoms in total. The van der Waals surface area contributed by atoms with E-state index >= 15 is 0 Å². The lowest BCUT2D eigenvalue weighted by Gasteiger charge is -2.04. The largest absolute Gasteiger partial charge is 0.347 e. The SMILES string of the molecule is N#CC(=Cc1cccc(F)c1)C(=O)NCc1cccnc1. The van der Waals surface area contributed by atoms with Crippen molar-refractivity contribution in [2.24, 2.45) is 0 Å². The maximum Gasteiger partial charge on any atom is 0.262 e. The Balaban J connectivity index is 2.07. The number of benzene rings is 1. The summed E-state index contributed by atoms with van der Waals surface area (Å²) in [6.45, 7) is 0.273. The zero-order valence-corrected chi connectivity index (χ0v) is 11.1. The van der Waals surface area contributed by atoms with Crippen molar-refractivity contribution in [3.05, 3.63) is 71.3 Å². The third kappa shape index (κ3) is 4.25. The van der Waals surface area contributed by atoms with Gasteiger partial charge in [-0.15, -0.1) is 0 Å². The molecule has 0 saturated carbocycles. The Hall–Kier alpha value is -3.00. The standard InChI is InChI=1S/C16H12FN3O/c17-15-5-1-3-12(8-15)7-14(9-18)16(21)20-11-13-4-2-6-19-10-13/h1-8,10H,11H2,(H,20,21). The van der Waals surface area contributed by atoms with Crippen molar-refractivity contribution in [3.63, 3.8) is 0 Å². The number of carbonyl (C=O) groups excluding carboxylic acids is 1. The fraction of sp³-hybridized carbons (Fsp3) is 0.0625. The molecule has 1 heterocycles. The van der Waals surface area contributed by atoms with Crippen LogP contribution in [0, 0.1) is 17.1 Å². The zero-order valence-electron chi connectivity index (χ0n) is 11.1. The van der Waals surface area contributed by atoms with Crippen molar-refractivity contribution in [3.8, 4) is 6.07 Å². The zero-order chi connectivity index (χ0) is 15.1. The molecule has 0 aliphatic heterocycles. The van der Waals surface area contributed by atoms with Gasteiger partial charge in [-0.1, -0.05) is 18.2 Å². The van der Waals surface area contributed by atoms with E-state index in [1.165, 1.54) is 24.3 Å². The van der Waals surface area contributed by atoms with Gasteiger partial charge in [-0.25, -0.2) is 4.39 Å². The van der Waals surface area contributed by atoms with Gasteiger partial charge in [0.05, 0.1) is 0 Å². The molecule has 21 heavy (non-hydrogen) atoms. The summed E-state index contributed by atoms with van der Waals surface area (Å²) in [4.78, 5) is 15.9. The molecule has 2 rings (SSSR count). The Labute approximate surface area is 121 Å². The third-order valence-electron chi connectivity index (χ3n) is 2.70. The lowest BCUT2D eigenvalue weighted by atomic mass is 10.1. The van der Waals surface area contributed by atoms with Gasteiger partial charge in [-0.2, -0.15) is 5.26 Å². The number of nitrogens with zero attached hydrogens (tertiary/aromatic N) is 2. The van der Waals surface area contributed by atoms with Crippen molar-refractivity contribution in [2.45, 2.75) is 6.54 Å². The van der Waals surface area contributed by atoms with Crippen molar-refractivity contribution >= 4 is 12.0 Å². The highest BCUT2D eigenvalue weighted by Crippen LogP contribution is 2.09. The summed E-state index contributed by atoms with van der Waals surface area (Å²) in [6, 6.07) is 11.1. The van der Waals surface area contributed by atoms with E-state index in [4.69, 9.17) is 5.26 Å². The molecule has 1 aromatic heterocycles. The van der Waals surface area contributed by atoms with Crippen LogP contribution in [0.25, 0.3) is 6.08 Å². The Kier molecular flexibility index (Phi) is 4.78. The average Bonchev–Trinajstić information content (AvgIpc) is 2.51. The molecule has 0 fully saturated rings. The first kappa shape index (κ1) is 14.4. The van der Waals surface area contributed by atoms with Gasteiger partial charge in [0, 0.05) is 18.9 Å². The molecule has 0 aliphatic rings. The fourth-order valence-corrected chi connectivity index (χ4v) is 1.69. The molecule has 5 heteroatoms. The van der Waals surface area contributed by atoms with Gasteiger partial charge < -0.3 is 5.32 Å². The van der Waals surface area contributed by atoms with Crippen LogP contribution in [-0.2, 0) is 11.3 Å². The van der Waals surface area contributed by atoms with E-state index < -0.39 is 11.7 Å². The summed E-state index contributed by atoms with van der Waals surface area (Å²) in [6.07, 6.45) is 4.61. The number of hydrogen-bond donors (Lipinski definition) is 1. The van der Waals surface area contributed by atoms with E-state index in [1.54, 1.807) is 24.5 Å². The highest BCUT2D eigenvalue weighted by Gasteiger charge is 2.08. The van der Waals surface area contributed by atoms with Crippen LogP contribution in [0.1, 0.15) is 11.1 Å². The minimum Gasteiger partial charge on any atom is -0.347 e. The number of carbonyl (C=O) groups is 1. The van der Waals surface area contributed by atoms with Crippen LogP contribution in [0.4, 0.5) is 4.39 Å². The van der Waals surface area contributed by atoms with Crippen molar-refractivity contribution in [1.82, 2.24) is 10.3 Å². The molecule has 0 aliphatic carbocycles. The van der Waals surface area contributed by atoms with Crippen LogP contribution in [-0.4, -0.2) is 10.9 Å².